The summed E-state index contributed by atoms with van der Waals surface area (Å²) in [5, 5.41) is 0. The van der Waals surface area contributed by atoms with Crippen LogP contribution in [-0.4, -0.2) is 19.5 Å². The molecule has 2 rings (SSSR count). The molecule has 4 nitrogen and oxygen atoms in total. The molecule has 10 heteroatoms. The average Bonchev–Trinajstić information content (AvgIpc) is 2.51. The lowest BCUT2D eigenvalue weighted by Gasteiger charge is -2.10. The Bertz CT molecular complexity index is 639. The molecule has 0 radical (unpaired) electrons. The Labute approximate surface area is 102 Å². The Morgan fingerprint density at radius 1 is 0.895 bits per heavy atom. The van der Waals surface area contributed by atoms with Crippen molar-refractivity contribution in [2.75, 3.05) is 0 Å². The maximum absolute atomic E-state index is 12.7. The van der Waals surface area contributed by atoms with Gasteiger partial charge in [0, 0.05) is 7.05 Å². The normalized spacial score (nSPS) is 13.3. The maximum atomic E-state index is 12.7. The molecule has 19 heavy (non-hydrogen) atoms. The predicted octanol–water partition coefficient (Wildman–Crippen LogP) is 2.71. The van der Waals surface area contributed by atoms with Gasteiger partial charge in [-0.05, 0) is 6.92 Å². The Morgan fingerprint density at radius 3 is 1.95 bits per heavy atom. The highest BCUT2D eigenvalue weighted by atomic mass is 19.4. The third-order valence-electron chi connectivity index (χ3n) is 2.46. The van der Waals surface area contributed by atoms with Crippen LogP contribution in [0.3, 0.4) is 0 Å². The van der Waals surface area contributed by atoms with Crippen LogP contribution < -0.4 is 0 Å². The summed E-state index contributed by atoms with van der Waals surface area (Å²) in [6.07, 6.45) is -10.1. The number of hydrogen-bond donors (Lipinski definition) is 0. The van der Waals surface area contributed by atoms with Crippen molar-refractivity contribution >= 4 is 11.2 Å². The van der Waals surface area contributed by atoms with E-state index in [1.165, 1.54) is 14.0 Å². The van der Waals surface area contributed by atoms with Crippen molar-refractivity contribution in [3.8, 4) is 0 Å². The number of aromatic nitrogens is 4. The number of nitrogens with zero attached hydrogens (tertiary/aromatic N) is 4. The highest BCUT2D eigenvalue weighted by Gasteiger charge is 2.42. The highest BCUT2D eigenvalue weighted by molar-refractivity contribution is 5.74. The van der Waals surface area contributed by atoms with Gasteiger partial charge in [0.05, 0.1) is 0 Å². The van der Waals surface area contributed by atoms with Gasteiger partial charge in [-0.2, -0.15) is 26.3 Å². The van der Waals surface area contributed by atoms with Gasteiger partial charge in [0.2, 0.25) is 5.82 Å². The van der Waals surface area contributed by atoms with E-state index in [1.54, 1.807) is 0 Å². The van der Waals surface area contributed by atoms with Crippen LogP contribution in [0, 0.1) is 6.92 Å². The smallest absolute Gasteiger partial charge is 0.316 e. The molecular weight excluding hydrogens is 278 g/mol. The summed E-state index contributed by atoms with van der Waals surface area (Å²) in [5.74, 6) is -1.73. The lowest BCUT2D eigenvalue weighted by molar-refractivity contribution is -0.151. The minimum absolute atomic E-state index is 0.106. The van der Waals surface area contributed by atoms with Crippen molar-refractivity contribution < 1.29 is 26.3 Å². The molecule has 0 saturated heterocycles. The number of hydrogen-bond acceptors (Lipinski definition) is 3. The fraction of sp³-hybridized carbons (Fsp3) is 0.444. The van der Waals surface area contributed by atoms with Gasteiger partial charge in [-0.3, -0.25) is 0 Å². The number of halogens is 6. The van der Waals surface area contributed by atoms with Crippen LogP contribution in [0.1, 0.15) is 17.3 Å². The largest absolute Gasteiger partial charge is 0.451 e. The van der Waals surface area contributed by atoms with Crippen LogP contribution in [0.25, 0.3) is 11.2 Å². The first-order valence-electron chi connectivity index (χ1n) is 4.87. The predicted molar refractivity (Wildman–Crippen MR) is 51.0 cm³/mol. The molecule has 0 fully saturated rings. The quantitative estimate of drug-likeness (QED) is 0.699. The zero-order chi connectivity index (χ0) is 14.6. The molecule has 0 saturated carbocycles. The Balaban J connectivity index is 2.89. The first kappa shape index (κ1) is 13.6. The SMILES string of the molecule is Cc1nc2c(C(F)(F)F)nc(C(F)(F)F)nc2n1C. The van der Waals surface area contributed by atoms with Gasteiger partial charge >= 0.3 is 12.4 Å². The fourth-order valence-electron chi connectivity index (χ4n) is 1.49. The summed E-state index contributed by atoms with van der Waals surface area (Å²) >= 11 is 0. The van der Waals surface area contributed by atoms with E-state index >= 15 is 0 Å². The Kier molecular flexibility index (Phi) is 2.72. The van der Waals surface area contributed by atoms with Crippen LogP contribution in [0.5, 0.6) is 0 Å². The van der Waals surface area contributed by atoms with Crippen molar-refractivity contribution in [3.05, 3.63) is 17.3 Å². The van der Waals surface area contributed by atoms with Gasteiger partial charge < -0.3 is 4.57 Å². The average molecular weight is 284 g/mol. The van der Waals surface area contributed by atoms with Crippen molar-refractivity contribution in [3.63, 3.8) is 0 Å². The van der Waals surface area contributed by atoms with Crippen LogP contribution in [0.2, 0.25) is 0 Å². The molecular formula is C9H6F6N4. The Morgan fingerprint density at radius 2 is 1.47 bits per heavy atom. The third kappa shape index (κ3) is 2.22. The second-order valence-corrected chi connectivity index (χ2v) is 3.78. The number of aryl methyl sites for hydroxylation is 2. The van der Waals surface area contributed by atoms with E-state index < -0.39 is 35.0 Å². The number of imidazole rings is 1. The van der Waals surface area contributed by atoms with Crippen LogP contribution in [0.15, 0.2) is 0 Å². The van der Waals surface area contributed by atoms with E-state index in [0.29, 0.717) is 0 Å². The minimum atomic E-state index is -5.06. The van der Waals surface area contributed by atoms with E-state index in [4.69, 9.17) is 0 Å². The van der Waals surface area contributed by atoms with Crippen molar-refractivity contribution in [2.24, 2.45) is 7.05 Å². The first-order valence-corrected chi connectivity index (χ1v) is 4.87. The summed E-state index contributed by atoms with van der Waals surface area (Å²) in [6, 6.07) is 0. The number of alkyl halides is 6. The van der Waals surface area contributed by atoms with Gasteiger partial charge in [0.15, 0.2) is 11.3 Å². The van der Waals surface area contributed by atoms with Gasteiger partial charge in [-0.25, -0.2) is 15.0 Å². The fourth-order valence-corrected chi connectivity index (χ4v) is 1.49. The summed E-state index contributed by atoms with van der Waals surface area (Å²) < 4.78 is 76.7. The molecule has 0 spiro atoms. The summed E-state index contributed by atoms with van der Waals surface area (Å²) in [5.41, 5.74) is -2.89. The summed E-state index contributed by atoms with van der Waals surface area (Å²) in [7, 11) is 1.28. The molecule has 0 aliphatic heterocycles. The third-order valence-corrected chi connectivity index (χ3v) is 2.46. The monoisotopic (exact) mass is 284 g/mol. The van der Waals surface area contributed by atoms with E-state index in [1.807, 2.05) is 0 Å². The maximum Gasteiger partial charge on any atom is 0.451 e. The molecule has 0 amide bonds. The van der Waals surface area contributed by atoms with Crippen LogP contribution in [0.4, 0.5) is 26.3 Å². The van der Waals surface area contributed by atoms with Crippen molar-refractivity contribution in [2.45, 2.75) is 19.3 Å². The summed E-state index contributed by atoms with van der Waals surface area (Å²) in [6.45, 7) is 1.36. The van der Waals surface area contributed by atoms with Gasteiger partial charge in [-0.15, -0.1) is 0 Å². The second-order valence-electron chi connectivity index (χ2n) is 3.78. The molecule has 0 atom stereocenters. The lowest BCUT2D eigenvalue weighted by Crippen LogP contribution is -2.18. The molecule has 104 valence electrons. The van der Waals surface area contributed by atoms with Crippen molar-refractivity contribution in [1.82, 2.24) is 19.5 Å². The molecule has 0 aromatic carbocycles. The van der Waals surface area contributed by atoms with E-state index in [2.05, 4.69) is 15.0 Å². The highest BCUT2D eigenvalue weighted by Crippen LogP contribution is 2.35. The Hall–Kier alpha value is -1.87. The molecule has 0 bridgehead atoms. The molecule has 2 aromatic rings. The van der Waals surface area contributed by atoms with E-state index in [-0.39, 0.29) is 5.82 Å². The summed E-state index contributed by atoms with van der Waals surface area (Å²) in [4.78, 5) is 9.22. The topological polar surface area (TPSA) is 43.6 Å². The standard InChI is InChI=1S/C9H6F6N4/c1-3-16-4-5(8(10,11)12)17-7(9(13,14)15)18-6(4)19(3)2/h1-2H3. The van der Waals surface area contributed by atoms with Gasteiger partial charge in [0.25, 0.3) is 0 Å². The molecule has 2 aromatic heterocycles. The molecule has 2 heterocycles. The van der Waals surface area contributed by atoms with E-state index in [0.717, 1.165) is 4.57 Å². The zero-order valence-electron chi connectivity index (χ0n) is 9.56. The van der Waals surface area contributed by atoms with Gasteiger partial charge in [-0.1, -0.05) is 0 Å². The zero-order valence-corrected chi connectivity index (χ0v) is 9.56. The van der Waals surface area contributed by atoms with Crippen molar-refractivity contribution in [1.29, 1.82) is 0 Å². The number of rotatable bonds is 0. The van der Waals surface area contributed by atoms with E-state index in [9.17, 15) is 26.3 Å². The first-order chi connectivity index (χ1) is 8.51. The second kappa shape index (κ2) is 3.81. The van der Waals surface area contributed by atoms with Crippen LogP contribution in [-0.2, 0) is 19.4 Å². The minimum Gasteiger partial charge on any atom is -0.316 e. The molecule has 0 unspecified atom stereocenters. The molecule has 0 aliphatic carbocycles. The molecule has 0 aliphatic rings. The van der Waals surface area contributed by atoms with Gasteiger partial charge in [0.1, 0.15) is 11.3 Å². The lowest BCUT2D eigenvalue weighted by atomic mass is 10.3. The van der Waals surface area contributed by atoms with Crippen LogP contribution >= 0.6 is 0 Å². The molecule has 0 N–H and O–H groups in total. The number of fused-ring (bicyclic) bond motifs is 1.